The van der Waals surface area contributed by atoms with Crippen LogP contribution in [-0.2, 0) is 0 Å². The minimum absolute atomic E-state index is 0.163. The van der Waals surface area contributed by atoms with Crippen LogP contribution in [0.2, 0.25) is 0 Å². The van der Waals surface area contributed by atoms with Gasteiger partial charge in [0.05, 0.1) is 12.0 Å². The zero-order chi connectivity index (χ0) is 19.0. The quantitative estimate of drug-likeness (QED) is 0.366. The molecule has 0 saturated carbocycles. The number of benzene rings is 3. The van der Waals surface area contributed by atoms with Gasteiger partial charge in [-0.2, -0.15) is 0 Å². The number of fused-ring (bicyclic) bond motifs is 1. The highest BCUT2D eigenvalue weighted by Gasteiger charge is 2.18. The lowest BCUT2D eigenvalue weighted by Gasteiger charge is -2.02. The number of nitrogens with zero attached hydrogens (tertiary/aromatic N) is 2. The first-order valence-electron chi connectivity index (χ1n) is 8.04. The summed E-state index contributed by atoms with van der Waals surface area (Å²) in [4.78, 5) is 15.1. The maximum Gasteiger partial charge on any atom is 0.311 e. The summed E-state index contributed by atoms with van der Waals surface area (Å²) in [5.41, 5.74) is 3.18. The molecule has 0 N–H and O–H groups in total. The van der Waals surface area contributed by atoms with E-state index in [0.29, 0.717) is 16.7 Å². The second-order valence-corrected chi connectivity index (χ2v) is 5.85. The summed E-state index contributed by atoms with van der Waals surface area (Å²) in [5.74, 6) is 0.134. The number of halogens is 1. The van der Waals surface area contributed by atoms with Gasteiger partial charge in [0.25, 0.3) is 0 Å². The van der Waals surface area contributed by atoms with Gasteiger partial charge in [-0.1, -0.05) is 18.2 Å². The topological polar surface area (TPSA) is 78.4 Å². The Labute approximate surface area is 153 Å². The molecule has 0 unspecified atom stereocenters. The van der Waals surface area contributed by atoms with E-state index in [4.69, 9.17) is 9.15 Å². The van der Waals surface area contributed by atoms with Crippen LogP contribution < -0.4 is 4.74 Å². The standard InChI is InChI=1S/C20H13FN2O4/c1-26-19-9-5-14(11-17(19)23(24)25)20-22-16-10-13(4-8-18(16)27-20)12-2-6-15(21)7-3-12/h2-11H,1H3. The first-order chi connectivity index (χ1) is 13.0. The molecule has 7 heteroatoms. The number of aromatic nitrogens is 1. The maximum atomic E-state index is 13.1. The van der Waals surface area contributed by atoms with Gasteiger partial charge in [-0.15, -0.1) is 0 Å². The third-order valence-corrected chi connectivity index (χ3v) is 4.19. The number of hydrogen-bond donors (Lipinski definition) is 0. The predicted octanol–water partition coefficient (Wildman–Crippen LogP) is 5.22. The number of nitro groups is 1. The lowest BCUT2D eigenvalue weighted by Crippen LogP contribution is -1.94. The van der Waals surface area contributed by atoms with Crippen LogP contribution >= 0.6 is 0 Å². The molecule has 0 amide bonds. The van der Waals surface area contributed by atoms with E-state index in [1.165, 1.54) is 31.4 Å². The third kappa shape index (κ3) is 3.10. The first-order valence-corrected chi connectivity index (χ1v) is 8.04. The Bertz CT molecular complexity index is 1150. The summed E-state index contributed by atoms with van der Waals surface area (Å²) in [7, 11) is 1.37. The van der Waals surface area contributed by atoms with Crippen LogP contribution in [0.25, 0.3) is 33.7 Å². The average molecular weight is 364 g/mol. The van der Waals surface area contributed by atoms with Crippen molar-refractivity contribution in [1.82, 2.24) is 4.98 Å². The lowest BCUT2D eigenvalue weighted by atomic mass is 10.1. The van der Waals surface area contributed by atoms with Crippen molar-refractivity contribution in [1.29, 1.82) is 0 Å². The van der Waals surface area contributed by atoms with Crippen molar-refractivity contribution in [2.24, 2.45) is 0 Å². The van der Waals surface area contributed by atoms with Gasteiger partial charge in [0.15, 0.2) is 11.3 Å². The Morgan fingerprint density at radius 2 is 1.70 bits per heavy atom. The minimum Gasteiger partial charge on any atom is -0.490 e. The van der Waals surface area contributed by atoms with E-state index in [1.54, 1.807) is 24.3 Å². The van der Waals surface area contributed by atoms with Gasteiger partial charge < -0.3 is 9.15 Å². The van der Waals surface area contributed by atoms with Gasteiger partial charge in [0, 0.05) is 11.6 Å². The van der Waals surface area contributed by atoms with Crippen LogP contribution in [0.1, 0.15) is 0 Å². The highest BCUT2D eigenvalue weighted by atomic mass is 19.1. The Kier molecular flexibility index (Phi) is 4.04. The van der Waals surface area contributed by atoms with E-state index < -0.39 is 4.92 Å². The van der Waals surface area contributed by atoms with E-state index in [1.807, 2.05) is 12.1 Å². The summed E-state index contributed by atoms with van der Waals surface area (Å²) in [6.07, 6.45) is 0. The van der Waals surface area contributed by atoms with Crippen LogP contribution in [0.15, 0.2) is 65.1 Å². The molecular weight excluding hydrogens is 351 g/mol. The van der Waals surface area contributed by atoms with E-state index in [-0.39, 0.29) is 23.1 Å². The molecular formula is C20H13FN2O4. The van der Waals surface area contributed by atoms with Gasteiger partial charge in [-0.05, 0) is 47.5 Å². The summed E-state index contributed by atoms with van der Waals surface area (Å²) in [6.45, 7) is 0. The van der Waals surface area contributed by atoms with Crippen LogP contribution in [-0.4, -0.2) is 17.0 Å². The molecule has 4 aromatic rings. The van der Waals surface area contributed by atoms with Crippen LogP contribution in [0.5, 0.6) is 5.75 Å². The molecule has 27 heavy (non-hydrogen) atoms. The summed E-state index contributed by atoms with van der Waals surface area (Å²) >= 11 is 0. The molecule has 0 aliphatic heterocycles. The molecule has 6 nitrogen and oxygen atoms in total. The molecule has 0 fully saturated rings. The molecule has 1 heterocycles. The number of ether oxygens (including phenoxy) is 1. The smallest absolute Gasteiger partial charge is 0.311 e. The van der Waals surface area contributed by atoms with Crippen LogP contribution in [0.4, 0.5) is 10.1 Å². The van der Waals surface area contributed by atoms with E-state index in [0.717, 1.165) is 11.1 Å². The van der Waals surface area contributed by atoms with Gasteiger partial charge in [-0.3, -0.25) is 10.1 Å². The third-order valence-electron chi connectivity index (χ3n) is 4.19. The van der Waals surface area contributed by atoms with Crippen LogP contribution in [0, 0.1) is 15.9 Å². The van der Waals surface area contributed by atoms with Crippen molar-refractivity contribution in [3.63, 3.8) is 0 Å². The number of methoxy groups -OCH3 is 1. The number of oxazole rings is 1. The summed E-state index contributed by atoms with van der Waals surface area (Å²) in [5, 5.41) is 11.2. The van der Waals surface area contributed by atoms with E-state index in [9.17, 15) is 14.5 Å². The molecule has 0 spiro atoms. The fraction of sp³-hybridized carbons (Fsp3) is 0.0500. The second kappa shape index (κ2) is 6.53. The van der Waals surface area contributed by atoms with Crippen LogP contribution in [0.3, 0.4) is 0 Å². The van der Waals surface area contributed by atoms with Crippen molar-refractivity contribution in [3.8, 4) is 28.3 Å². The van der Waals surface area contributed by atoms with Crippen molar-refractivity contribution in [2.75, 3.05) is 7.11 Å². The zero-order valence-electron chi connectivity index (χ0n) is 14.2. The molecule has 0 aliphatic carbocycles. The van der Waals surface area contributed by atoms with Gasteiger partial charge in [0.2, 0.25) is 5.89 Å². The fourth-order valence-electron chi connectivity index (χ4n) is 2.84. The molecule has 4 rings (SSSR count). The van der Waals surface area contributed by atoms with Crippen molar-refractivity contribution in [3.05, 3.63) is 76.6 Å². The van der Waals surface area contributed by atoms with Crippen molar-refractivity contribution < 1.29 is 18.5 Å². The zero-order valence-corrected chi connectivity index (χ0v) is 14.2. The molecule has 134 valence electrons. The van der Waals surface area contributed by atoms with Gasteiger partial charge >= 0.3 is 5.69 Å². The number of hydrogen-bond acceptors (Lipinski definition) is 5. The highest BCUT2D eigenvalue weighted by molar-refractivity contribution is 5.82. The predicted molar refractivity (Wildman–Crippen MR) is 98.0 cm³/mol. The molecule has 3 aromatic carbocycles. The first kappa shape index (κ1) is 16.7. The average Bonchev–Trinajstić information content (AvgIpc) is 3.11. The molecule has 0 radical (unpaired) electrons. The SMILES string of the molecule is COc1ccc(-c2nc3cc(-c4ccc(F)cc4)ccc3o2)cc1[N+](=O)[O-]. The molecule has 0 saturated heterocycles. The fourth-order valence-corrected chi connectivity index (χ4v) is 2.84. The van der Waals surface area contributed by atoms with E-state index >= 15 is 0 Å². The number of rotatable bonds is 4. The molecule has 0 bridgehead atoms. The molecule has 1 aromatic heterocycles. The normalized spacial score (nSPS) is 10.9. The number of nitro benzene ring substituents is 1. The summed E-state index contributed by atoms with van der Waals surface area (Å²) < 4.78 is 23.9. The Balaban J connectivity index is 1.77. The summed E-state index contributed by atoms with van der Waals surface area (Å²) in [6, 6.07) is 16.1. The van der Waals surface area contributed by atoms with Crippen molar-refractivity contribution in [2.45, 2.75) is 0 Å². The minimum atomic E-state index is -0.516. The largest absolute Gasteiger partial charge is 0.490 e. The lowest BCUT2D eigenvalue weighted by molar-refractivity contribution is -0.385. The molecule has 0 aliphatic rings. The van der Waals surface area contributed by atoms with Gasteiger partial charge in [0.1, 0.15) is 11.3 Å². The Morgan fingerprint density at radius 1 is 1.00 bits per heavy atom. The monoisotopic (exact) mass is 364 g/mol. The highest BCUT2D eigenvalue weighted by Crippen LogP contribution is 2.34. The van der Waals surface area contributed by atoms with E-state index in [2.05, 4.69) is 4.98 Å². The van der Waals surface area contributed by atoms with Crippen molar-refractivity contribution >= 4 is 16.8 Å². The Morgan fingerprint density at radius 3 is 2.41 bits per heavy atom. The van der Waals surface area contributed by atoms with Gasteiger partial charge in [-0.25, -0.2) is 9.37 Å². The molecule has 0 atom stereocenters. The maximum absolute atomic E-state index is 13.1. The Hall–Kier alpha value is -3.74. The second-order valence-electron chi connectivity index (χ2n) is 5.85.